The molecule has 2 aromatic heterocycles. The molecule has 138 valence electrons. The van der Waals surface area contributed by atoms with Crippen LogP contribution < -0.4 is 4.72 Å². The SMILES string of the molecule is Cc1c(S(=O)(=O)Nc2ncn(Cc3ccc(Cl)cc3)n2)cnn1C(F)F. The summed E-state index contributed by atoms with van der Waals surface area (Å²) in [6.07, 6.45) is 2.20. The Morgan fingerprint density at radius 3 is 2.58 bits per heavy atom. The lowest BCUT2D eigenvalue weighted by molar-refractivity contribution is 0.0541. The number of alkyl halides is 2. The van der Waals surface area contributed by atoms with Gasteiger partial charge in [0, 0.05) is 5.02 Å². The molecule has 8 nitrogen and oxygen atoms in total. The highest BCUT2D eigenvalue weighted by Crippen LogP contribution is 2.21. The minimum atomic E-state index is -4.14. The molecule has 0 saturated heterocycles. The Kier molecular flexibility index (Phi) is 4.92. The number of rotatable bonds is 6. The second kappa shape index (κ2) is 7.00. The first-order valence-electron chi connectivity index (χ1n) is 7.25. The molecule has 0 aliphatic carbocycles. The molecule has 26 heavy (non-hydrogen) atoms. The molecule has 0 unspecified atom stereocenters. The normalized spacial score (nSPS) is 11.9. The van der Waals surface area contributed by atoms with Crippen molar-refractivity contribution in [2.75, 3.05) is 4.72 Å². The quantitative estimate of drug-likeness (QED) is 0.684. The van der Waals surface area contributed by atoms with Crippen LogP contribution in [0.1, 0.15) is 17.8 Å². The molecule has 0 bridgehead atoms. The number of benzene rings is 1. The summed E-state index contributed by atoms with van der Waals surface area (Å²) in [5, 5.41) is 8.00. The minimum absolute atomic E-state index is 0.178. The molecule has 0 fully saturated rings. The zero-order chi connectivity index (χ0) is 18.9. The topological polar surface area (TPSA) is 94.7 Å². The van der Waals surface area contributed by atoms with Gasteiger partial charge in [0.05, 0.1) is 18.4 Å². The second-order valence-electron chi connectivity index (χ2n) is 5.31. The number of hydrogen-bond donors (Lipinski definition) is 1. The van der Waals surface area contributed by atoms with Gasteiger partial charge in [0.15, 0.2) is 0 Å². The molecule has 0 aliphatic heterocycles. The van der Waals surface area contributed by atoms with E-state index in [1.165, 1.54) is 17.9 Å². The summed E-state index contributed by atoms with van der Waals surface area (Å²) in [7, 11) is -4.14. The number of sulfonamides is 1. The number of aromatic nitrogens is 5. The van der Waals surface area contributed by atoms with Crippen LogP contribution in [0.15, 0.2) is 41.7 Å². The minimum Gasteiger partial charge on any atom is -0.246 e. The molecule has 12 heteroatoms. The van der Waals surface area contributed by atoms with E-state index >= 15 is 0 Å². The summed E-state index contributed by atoms with van der Waals surface area (Å²) in [6.45, 7) is -1.34. The maximum absolute atomic E-state index is 12.7. The van der Waals surface area contributed by atoms with Crippen LogP contribution in [0.5, 0.6) is 0 Å². The van der Waals surface area contributed by atoms with E-state index in [1.54, 1.807) is 24.3 Å². The summed E-state index contributed by atoms with van der Waals surface area (Å²) in [4.78, 5) is 3.50. The monoisotopic (exact) mass is 402 g/mol. The summed E-state index contributed by atoms with van der Waals surface area (Å²) < 4.78 is 54.1. The van der Waals surface area contributed by atoms with Crippen LogP contribution in [0.25, 0.3) is 0 Å². The van der Waals surface area contributed by atoms with Crippen LogP contribution in [0, 0.1) is 6.92 Å². The Morgan fingerprint density at radius 1 is 1.27 bits per heavy atom. The number of nitrogens with zero attached hydrogens (tertiary/aromatic N) is 5. The van der Waals surface area contributed by atoms with E-state index in [0.29, 0.717) is 16.2 Å². The molecule has 3 rings (SSSR count). The van der Waals surface area contributed by atoms with Gasteiger partial charge in [0.1, 0.15) is 11.2 Å². The third-order valence-electron chi connectivity index (χ3n) is 3.49. The predicted octanol–water partition coefficient (Wildman–Crippen LogP) is 2.68. The van der Waals surface area contributed by atoms with Crippen LogP contribution in [0.2, 0.25) is 5.02 Å². The summed E-state index contributed by atoms with van der Waals surface area (Å²) in [6, 6.07) is 7.05. The van der Waals surface area contributed by atoms with Gasteiger partial charge in [-0.05, 0) is 24.6 Å². The molecule has 0 aliphatic rings. The van der Waals surface area contributed by atoms with Gasteiger partial charge >= 0.3 is 6.55 Å². The van der Waals surface area contributed by atoms with E-state index in [9.17, 15) is 17.2 Å². The van der Waals surface area contributed by atoms with Crippen molar-refractivity contribution in [3.8, 4) is 0 Å². The first-order chi connectivity index (χ1) is 12.3. The molecule has 0 amide bonds. The Hall–Kier alpha value is -2.53. The first kappa shape index (κ1) is 18.3. The molecule has 0 saturated carbocycles. The number of halogens is 3. The zero-order valence-electron chi connectivity index (χ0n) is 13.3. The fourth-order valence-corrected chi connectivity index (χ4v) is 3.48. The predicted molar refractivity (Wildman–Crippen MR) is 89.6 cm³/mol. The Balaban J connectivity index is 1.76. The van der Waals surface area contributed by atoms with Crippen LogP contribution in [0.3, 0.4) is 0 Å². The molecule has 1 N–H and O–H groups in total. The van der Waals surface area contributed by atoms with Gasteiger partial charge < -0.3 is 0 Å². The van der Waals surface area contributed by atoms with E-state index < -0.39 is 16.6 Å². The van der Waals surface area contributed by atoms with Crippen molar-refractivity contribution in [1.82, 2.24) is 24.5 Å². The lowest BCUT2D eigenvalue weighted by Crippen LogP contribution is -2.15. The smallest absolute Gasteiger partial charge is 0.246 e. The average Bonchev–Trinajstić information content (AvgIpc) is 3.16. The van der Waals surface area contributed by atoms with Crippen molar-refractivity contribution in [3.63, 3.8) is 0 Å². The Labute approximate surface area is 152 Å². The second-order valence-corrected chi connectivity index (χ2v) is 7.40. The molecule has 1 aromatic carbocycles. The molecule has 2 heterocycles. The number of nitrogens with one attached hydrogen (secondary N) is 1. The van der Waals surface area contributed by atoms with Gasteiger partial charge in [-0.1, -0.05) is 23.7 Å². The average molecular weight is 403 g/mol. The molecule has 0 atom stereocenters. The summed E-state index contributed by atoms with van der Waals surface area (Å²) in [5.41, 5.74) is 0.704. The highest BCUT2D eigenvalue weighted by atomic mass is 35.5. The van der Waals surface area contributed by atoms with E-state index in [1.807, 2.05) is 0 Å². The number of hydrogen-bond acceptors (Lipinski definition) is 5. The molecule has 0 radical (unpaired) electrons. The third-order valence-corrected chi connectivity index (χ3v) is 5.18. The zero-order valence-corrected chi connectivity index (χ0v) is 14.9. The van der Waals surface area contributed by atoms with Crippen LogP contribution in [-0.2, 0) is 16.6 Å². The Bertz CT molecular complexity index is 1020. The molecule has 3 aromatic rings. The lowest BCUT2D eigenvalue weighted by Gasteiger charge is -2.05. The van der Waals surface area contributed by atoms with Gasteiger partial charge in [-0.15, -0.1) is 5.10 Å². The van der Waals surface area contributed by atoms with Gasteiger partial charge in [-0.3, -0.25) is 0 Å². The summed E-state index contributed by atoms with van der Waals surface area (Å²) >= 11 is 5.82. The fraction of sp³-hybridized carbons (Fsp3) is 0.214. The highest BCUT2D eigenvalue weighted by Gasteiger charge is 2.24. The van der Waals surface area contributed by atoms with Gasteiger partial charge in [-0.25, -0.2) is 22.5 Å². The largest absolute Gasteiger partial charge is 0.333 e. The first-order valence-corrected chi connectivity index (χ1v) is 9.11. The maximum Gasteiger partial charge on any atom is 0.333 e. The highest BCUT2D eigenvalue weighted by molar-refractivity contribution is 7.92. The van der Waals surface area contributed by atoms with Crippen molar-refractivity contribution in [3.05, 3.63) is 53.1 Å². The van der Waals surface area contributed by atoms with Gasteiger partial charge in [0.2, 0.25) is 0 Å². The van der Waals surface area contributed by atoms with Crippen LogP contribution in [-0.4, -0.2) is 33.0 Å². The van der Waals surface area contributed by atoms with Crippen molar-refractivity contribution in [1.29, 1.82) is 0 Å². The van der Waals surface area contributed by atoms with Crippen molar-refractivity contribution in [2.45, 2.75) is 24.9 Å². The molecular formula is C14H13ClF2N6O2S. The van der Waals surface area contributed by atoms with E-state index in [0.717, 1.165) is 11.8 Å². The van der Waals surface area contributed by atoms with E-state index in [2.05, 4.69) is 19.9 Å². The maximum atomic E-state index is 12.7. The van der Waals surface area contributed by atoms with Crippen LogP contribution in [0.4, 0.5) is 14.7 Å². The van der Waals surface area contributed by atoms with Crippen molar-refractivity contribution in [2.24, 2.45) is 0 Å². The van der Waals surface area contributed by atoms with Crippen molar-refractivity contribution < 1.29 is 17.2 Å². The number of anilines is 1. The van der Waals surface area contributed by atoms with Gasteiger partial charge in [0.25, 0.3) is 16.0 Å². The summed E-state index contributed by atoms with van der Waals surface area (Å²) in [5.74, 6) is -0.178. The van der Waals surface area contributed by atoms with E-state index in [-0.39, 0.29) is 16.5 Å². The fourth-order valence-electron chi connectivity index (χ4n) is 2.24. The van der Waals surface area contributed by atoms with E-state index in [4.69, 9.17) is 11.6 Å². The molecule has 0 spiro atoms. The van der Waals surface area contributed by atoms with Gasteiger partial charge in [-0.2, -0.15) is 18.9 Å². The lowest BCUT2D eigenvalue weighted by atomic mass is 10.2. The molecular weight excluding hydrogens is 390 g/mol. The van der Waals surface area contributed by atoms with Crippen LogP contribution >= 0.6 is 11.6 Å². The third kappa shape index (κ3) is 3.83. The van der Waals surface area contributed by atoms with Crippen molar-refractivity contribution >= 4 is 27.6 Å². The Morgan fingerprint density at radius 2 is 1.96 bits per heavy atom. The standard InChI is InChI=1S/C14H13ClF2N6O2S/c1-9-12(6-19-23(9)13(16)17)26(24,25)21-14-18-8-22(20-14)7-10-2-4-11(15)5-3-10/h2-6,8,13H,7H2,1H3,(H,20,21).